The highest BCUT2D eigenvalue weighted by Crippen LogP contribution is 2.34. The van der Waals surface area contributed by atoms with Crippen LogP contribution in [0.4, 0.5) is 5.69 Å². The van der Waals surface area contributed by atoms with E-state index >= 15 is 0 Å². The smallest absolute Gasteiger partial charge is 0.338 e. The fraction of sp³-hybridized carbons (Fsp3) is 0.185. The second kappa shape index (κ2) is 13.2. The van der Waals surface area contributed by atoms with Crippen molar-refractivity contribution in [3.63, 3.8) is 0 Å². The molecule has 1 aromatic heterocycles. The van der Waals surface area contributed by atoms with E-state index in [2.05, 4.69) is 37.1 Å². The summed E-state index contributed by atoms with van der Waals surface area (Å²) in [6.45, 7) is 3.27. The number of furan rings is 1. The normalized spacial score (nSPS) is 14.8. The molecule has 1 aliphatic rings. The lowest BCUT2D eigenvalue weighted by Crippen LogP contribution is -2.45. The number of ether oxygens (including phenoxy) is 2. The molecule has 212 valence electrons. The van der Waals surface area contributed by atoms with E-state index in [1.54, 1.807) is 62.4 Å². The molecule has 0 aliphatic carbocycles. The van der Waals surface area contributed by atoms with Gasteiger partial charge in [-0.2, -0.15) is 5.10 Å². The van der Waals surface area contributed by atoms with Gasteiger partial charge in [-0.15, -0.1) is 0 Å². The van der Waals surface area contributed by atoms with Gasteiger partial charge in [0.05, 0.1) is 34.9 Å². The van der Waals surface area contributed by atoms with Crippen molar-refractivity contribution in [1.29, 1.82) is 0 Å². The number of carbonyl (C=O) groups is 2. The summed E-state index contributed by atoms with van der Waals surface area (Å²) >= 11 is 8.51. The predicted octanol–water partition coefficient (Wildman–Crippen LogP) is 4.50. The largest absolute Gasteiger partial charge is 0.483 e. The summed E-state index contributed by atoms with van der Waals surface area (Å²) in [7, 11) is 0. The predicted molar refractivity (Wildman–Crippen MR) is 157 cm³/mol. The van der Waals surface area contributed by atoms with Crippen LogP contribution in [0.25, 0.3) is 11.3 Å². The maximum atomic E-state index is 12.7. The van der Waals surface area contributed by atoms with Gasteiger partial charge in [-0.1, -0.05) is 34.1 Å². The summed E-state index contributed by atoms with van der Waals surface area (Å²) in [5.74, 6) is -0.164. The first kappa shape index (κ1) is 29.4. The molecule has 4 rings (SSSR count). The van der Waals surface area contributed by atoms with Crippen LogP contribution in [0.3, 0.4) is 0 Å². The maximum absolute atomic E-state index is 12.7. The van der Waals surface area contributed by atoms with Gasteiger partial charge in [0.1, 0.15) is 17.3 Å². The topological polar surface area (TPSA) is 157 Å². The van der Waals surface area contributed by atoms with Crippen LogP contribution in [0, 0.1) is 10.1 Å². The highest BCUT2D eigenvalue weighted by Gasteiger charge is 2.32. The zero-order valence-corrected chi connectivity index (χ0v) is 24.2. The molecule has 1 atom stereocenters. The average Bonchev–Trinajstić information content (AvgIpc) is 3.40. The molecule has 2 heterocycles. The van der Waals surface area contributed by atoms with Gasteiger partial charge in [0, 0.05) is 21.8 Å². The Labute approximate surface area is 248 Å². The zero-order chi connectivity index (χ0) is 29.5. The van der Waals surface area contributed by atoms with Crippen LogP contribution in [0.2, 0.25) is 0 Å². The number of carbonyl (C=O) groups excluding carboxylic acids is 2. The molecule has 0 unspecified atom stereocenters. The Balaban J connectivity index is 1.41. The highest BCUT2D eigenvalue weighted by molar-refractivity contribution is 9.10. The number of thiocarbonyl (C=S) groups is 1. The summed E-state index contributed by atoms with van der Waals surface area (Å²) in [6.07, 6.45) is 1.26. The average molecular weight is 642 g/mol. The van der Waals surface area contributed by atoms with E-state index in [-0.39, 0.29) is 30.4 Å². The van der Waals surface area contributed by atoms with E-state index in [9.17, 15) is 19.7 Å². The number of hydrazone groups is 1. The quantitative estimate of drug-likeness (QED) is 0.0946. The molecule has 0 saturated heterocycles. The molecular formula is C27H24BrN5O7S. The Morgan fingerprint density at radius 2 is 2.02 bits per heavy atom. The van der Waals surface area contributed by atoms with Crippen LogP contribution in [0.5, 0.6) is 5.75 Å². The van der Waals surface area contributed by atoms with Gasteiger partial charge in [-0.25, -0.2) is 10.2 Å². The zero-order valence-electron chi connectivity index (χ0n) is 21.8. The number of halogens is 1. The fourth-order valence-electron chi connectivity index (χ4n) is 4.03. The second-order valence-corrected chi connectivity index (χ2v) is 9.85. The van der Waals surface area contributed by atoms with Crippen LogP contribution in [-0.4, -0.2) is 41.3 Å². The van der Waals surface area contributed by atoms with Crippen molar-refractivity contribution in [1.82, 2.24) is 16.1 Å². The first-order valence-corrected chi connectivity index (χ1v) is 13.4. The van der Waals surface area contributed by atoms with Crippen molar-refractivity contribution in [2.24, 2.45) is 5.10 Å². The molecule has 0 spiro atoms. The molecule has 1 amide bonds. The number of hydrogen-bond donors (Lipinski definition) is 3. The first-order valence-electron chi connectivity index (χ1n) is 12.2. The fourth-order valence-corrected chi connectivity index (χ4v) is 4.65. The second-order valence-electron chi connectivity index (χ2n) is 8.53. The van der Waals surface area contributed by atoms with Crippen molar-refractivity contribution >= 4 is 57.0 Å². The Kier molecular flexibility index (Phi) is 9.47. The molecule has 12 nitrogen and oxygen atoms in total. The molecule has 14 heteroatoms. The molecule has 3 aromatic rings. The lowest BCUT2D eigenvalue weighted by Gasteiger charge is -2.30. The van der Waals surface area contributed by atoms with Crippen molar-refractivity contribution in [2.45, 2.75) is 19.9 Å². The molecule has 3 N–H and O–H groups in total. The number of nitrogens with zero attached hydrogens (tertiary/aromatic N) is 2. The van der Waals surface area contributed by atoms with Crippen molar-refractivity contribution in [3.05, 3.63) is 91.8 Å². The Hall–Kier alpha value is -4.56. The van der Waals surface area contributed by atoms with Crippen LogP contribution in [0.1, 0.15) is 31.2 Å². The van der Waals surface area contributed by atoms with Crippen molar-refractivity contribution in [3.8, 4) is 17.1 Å². The van der Waals surface area contributed by atoms with Gasteiger partial charge < -0.3 is 24.5 Å². The van der Waals surface area contributed by atoms with Gasteiger partial charge in [0.2, 0.25) is 0 Å². The third-order valence-corrected chi connectivity index (χ3v) is 6.50. The van der Waals surface area contributed by atoms with E-state index in [0.717, 1.165) is 0 Å². The number of esters is 1. The van der Waals surface area contributed by atoms with Crippen molar-refractivity contribution < 1.29 is 28.4 Å². The molecule has 41 heavy (non-hydrogen) atoms. The van der Waals surface area contributed by atoms with Crippen molar-refractivity contribution in [2.75, 3.05) is 13.2 Å². The number of rotatable bonds is 10. The maximum Gasteiger partial charge on any atom is 0.338 e. The molecule has 0 saturated carbocycles. The van der Waals surface area contributed by atoms with E-state index < -0.39 is 22.8 Å². The van der Waals surface area contributed by atoms with Gasteiger partial charge in [-0.3, -0.25) is 14.9 Å². The van der Waals surface area contributed by atoms with E-state index in [1.165, 1.54) is 12.3 Å². The minimum Gasteiger partial charge on any atom is -0.483 e. The summed E-state index contributed by atoms with van der Waals surface area (Å²) in [6, 6.07) is 14.0. The summed E-state index contributed by atoms with van der Waals surface area (Å²) < 4.78 is 17.2. The lowest BCUT2D eigenvalue weighted by atomic mass is 9.95. The van der Waals surface area contributed by atoms with Gasteiger partial charge >= 0.3 is 5.97 Å². The van der Waals surface area contributed by atoms with Gasteiger partial charge in [-0.05, 0) is 56.4 Å². The molecular weight excluding hydrogens is 618 g/mol. The third-order valence-electron chi connectivity index (χ3n) is 5.78. The lowest BCUT2D eigenvalue weighted by molar-refractivity contribution is -0.384. The standard InChI is InChI=1S/C27H24BrN5O7S/c1-3-38-26(35)24-15(2)30-27(41)31-25(24)19-6-4-5-7-21(19)39-14-23(34)32-29-13-17-9-11-22(40-17)18-10-8-16(28)12-20(18)33(36)37/h4-13,25H,3,14H2,1-2H3,(H,32,34)(H2,30,31,41)/t25-/m1/s1. The summed E-state index contributed by atoms with van der Waals surface area (Å²) in [5.41, 5.74) is 4.00. The number of nitrogens with one attached hydrogen (secondary N) is 3. The summed E-state index contributed by atoms with van der Waals surface area (Å²) in [4.78, 5) is 36.0. The minimum atomic E-state index is -0.658. The monoisotopic (exact) mass is 641 g/mol. The molecule has 0 fully saturated rings. The SMILES string of the molecule is CCOC(=O)C1=C(C)NC(=S)N[C@@H]1c1ccccc1OCC(=O)NN=Cc1ccc(-c2ccc(Br)cc2[N+](=O)[O-])o1. The summed E-state index contributed by atoms with van der Waals surface area (Å²) in [5, 5.41) is 21.6. The number of amides is 1. The number of nitro benzene ring substituents is 1. The molecule has 0 bridgehead atoms. The van der Waals surface area contributed by atoms with Crippen LogP contribution in [0.15, 0.2) is 79.9 Å². The Morgan fingerprint density at radius 3 is 2.78 bits per heavy atom. The number of benzene rings is 2. The van der Waals surface area contributed by atoms with Crippen LogP contribution in [-0.2, 0) is 14.3 Å². The number of para-hydroxylation sites is 1. The van der Waals surface area contributed by atoms with Crippen LogP contribution < -0.4 is 20.8 Å². The first-order chi connectivity index (χ1) is 19.7. The Morgan fingerprint density at radius 1 is 1.24 bits per heavy atom. The van der Waals surface area contributed by atoms with Gasteiger partial charge in [0.25, 0.3) is 11.6 Å². The molecule has 2 aromatic carbocycles. The number of nitro groups is 1. The highest BCUT2D eigenvalue weighted by atomic mass is 79.9. The Bertz CT molecular complexity index is 1570. The number of hydrogen-bond acceptors (Lipinski definition) is 9. The van der Waals surface area contributed by atoms with Crippen LogP contribution >= 0.6 is 28.1 Å². The van der Waals surface area contributed by atoms with E-state index in [0.29, 0.717) is 37.7 Å². The minimum absolute atomic E-state index is 0.121. The van der Waals surface area contributed by atoms with Gasteiger partial charge in [0.15, 0.2) is 11.7 Å². The third kappa shape index (κ3) is 7.15. The van der Waals surface area contributed by atoms with E-state index in [4.69, 9.17) is 26.1 Å². The molecule has 1 aliphatic heterocycles. The molecule has 0 radical (unpaired) electrons. The van der Waals surface area contributed by atoms with E-state index in [1.807, 2.05) is 0 Å². The number of allylic oxidation sites excluding steroid dienone is 1.